The van der Waals surface area contributed by atoms with Gasteiger partial charge in [0, 0.05) is 34.3 Å². The molecule has 0 aliphatic heterocycles. The summed E-state index contributed by atoms with van der Waals surface area (Å²) < 4.78 is 1.93. The zero-order valence-electron chi connectivity index (χ0n) is 14.3. The first-order valence-corrected chi connectivity index (χ1v) is 10.7. The summed E-state index contributed by atoms with van der Waals surface area (Å²) in [7, 11) is 1.93. The molecule has 2 aromatic heterocycles. The van der Waals surface area contributed by atoms with Crippen LogP contribution in [-0.2, 0) is 12.8 Å². The fourth-order valence-corrected chi connectivity index (χ4v) is 4.80. The van der Waals surface area contributed by atoms with Crippen LogP contribution in [0.4, 0.5) is 0 Å². The third kappa shape index (κ3) is 4.04. The Hall–Kier alpha value is -1.86. The van der Waals surface area contributed by atoms with Crippen LogP contribution in [0.15, 0.2) is 59.1 Å². The second-order valence-corrected chi connectivity index (χ2v) is 8.43. The Morgan fingerprint density at radius 2 is 1.89 bits per heavy atom. The number of hydrogen-bond donors (Lipinski definition) is 0. The van der Waals surface area contributed by atoms with E-state index in [9.17, 15) is 0 Å². The predicted octanol–water partition coefficient (Wildman–Crippen LogP) is 6.20. The van der Waals surface area contributed by atoms with Gasteiger partial charge in [-0.1, -0.05) is 65.3 Å². The van der Waals surface area contributed by atoms with Crippen LogP contribution in [0, 0.1) is 0 Å². The van der Waals surface area contributed by atoms with Gasteiger partial charge in [0.15, 0.2) is 11.0 Å². The summed E-state index contributed by atoms with van der Waals surface area (Å²) in [4.78, 5) is 4.72. The molecule has 0 spiro atoms. The van der Waals surface area contributed by atoms with Crippen LogP contribution in [0.25, 0.3) is 22.0 Å². The van der Waals surface area contributed by atoms with Gasteiger partial charge in [0.1, 0.15) is 5.01 Å². The van der Waals surface area contributed by atoms with Crippen LogP contribution >= 0.6 is 46.3 Å². The normalized spacial score (nSPS) is 11.1. The SMILES string of the molecule is Cn1c(SCc2csc(-c3ccccc3)n2)nnc1-c1ccc(Cl)cc1Cl. The van der Waals surface area contributed by atoms with Crippen LogP contribution in [0.3, 0.4) is 0 Å². The quantitative estimate of drug-likeness (QED) is 0.351. The number of benzene rings is 2. The third-order valence-corrected chi connectivity index (χ3v) is 6.47. The molecule has 0 amide bonds. The second kappa shape index (κ2) is 8.02. The highest BCUT2D eigenvalue weighted by molar-refractivity contribution is 7.98. The molecular formula is C19H14Cl2N4S2. The van der Waals surface area contributed by atoms with Crippen molar-refractivity contribution >= 4 is 46.3 Å². The molecule has 0 aliphatic carbocycles. The standard InChI is InChI=1S/C19H14Cl2N4S2/c1-25-17(15-8-7-13(20)9-16(15)21)23-24-19(25)27-11-14-10-26-18(22-14)12-5-3-2-4-6-12/h2-10H,11H2,1H3. The molecule has 8 heteroatoms. The van der Waals surface area contributed by atoms with Crippen molar-refractivity contribution in [2.75, 3.05) is 0 Å². The number of rotatable bonds is 5. The monoisotopic (exact) mass is 432 g/mol. The van der Waals surface area contributed by atoms with E-state index in [2.05, 4.69) is 27.7 Å². The fraction of sp³-hybridized carbons (Fsp3) is 0.105. The predicted molar refractivity (Wildman–Crippen MR) is 114 cm³/mol. The van der Waals surface area contributed by atoms with Gasteiger partial charge in [-0.3, -0.25) is 0 Å². The molecule has 2 heterocycles. The lowest BCUT2D eigenvalue weighted by Gasteiger charge is -2.05. The van der Waals surface area contributed by atoms with E-state index in [-0.39, 0.29) is 0 Å². The lowest BCUT2D eigenvalue weighted by atomic mass is 10.2. The van der Waals surface area contributed by atoms with Crippen LogP contribution in [-0.4, -0.2) is 19.7 Å². The first kappa shape index (κ1) is 18.5. The molecule has 0 N–H and O–H groups in total. The maximum Gasteiger partial charge on any atom is 0.191 e. The highest BCUT2D eigenvalue weighted by Crippen LogP contribution is 2.32. The highest BCUT2D eigenvalue weighted by Gasteiger charge is 2.15. The molecular weight excluding hydrogens is 419 g/mol. The minimum atomic E-state index is 0.557. The first-order valence-electron chi connectivity index (χ1n) is 8.09. The van der Waals surface area contributed by atoms with Gasteiger partial charge < -0.3 is 4.57 Å². The molecule has 136 valence electrons. The Morgan fingerprint density at radius 3 is 2.67 bits per heavy atom. The lowest BCUT2D eigenvalue weighted by Crippen LogP contribution is -1.95. The van der Waals surface area contributed by atoms with E-state index < -0.39 is 0 Å². The average molecular weight is 433 g/mol. The Labute approximate surface area is 175 Å². The molecule has 4 nitrogen and oxygen atoms in total. The van der Waals surface area contributed by atoms with Gasteiger partial charge in [-0.05, 0) is 18.2 Å². The number of nitrogens with zero attached hydrogens (tertiary/aromatic N) is 4. The second-order valence-electron chi connectivity index (χ2n) is 5.79. The number of thioether (sulfide) groups is 1. The first-order chi connectivity index (χ1) is 13.1. The van der Waals surface area contributed by atoms with Gasteiger partial charge in [-0.25, -0.2) is 4.98 Å². The Bertz CT molecular complexity index is 1080. The van der Waals surface area contributed by atoms with Gasteiger partial charge in [-0.2, -0.15) is 0 Å². The maximum atomic E-state index is 6.30. The molecule has 0 bridgehead atoms. The molecule has 0 saturated carbocycles. The van der Waals surface area contributed by atoms with Gasteiger partial charge in [0.2, 0.25) is 0 Å². The largest absolute Gasteiger partial charge is 0.305 e. The molecule has 27 heavy (non-hydrogen) atoms. The summed E-state index contributed by atoms with van der Waals surface area (Å²) in [6.07, 6.45) is 0. The Balaban J connectivity index is 1.50. The summed E-state index contributed by atoms with van der Waals surface area (Å²) >= 11 is 15.5. The smallest absolute Gasteiger partial charge is 0.191 e. The molecule has 2 aromatic carbocycles. The summed E-state index contributed by atoms with van der Waals surface area (Å²) in [6, 6.07) is 15.6. The van der Waals surface area contributed by atoms with E-state index >= 15 is 0 Å². The highest BCUT2D eigenvalue weighted by atomic mass is 35.5. The number of halogens is 2. The molecule has 0 unspecified atom stereocenters. The fourth-order valence-electron chi connectivity index (χ4n) is 2.57. The molecule has 4 aromatic rings. The molecule has 0 atom stereocenters. The maximum absolute atomic E-state index is 6.30. The minimum absolute atomic E-state index is 0.557. The van der Waals surface area contributed by atoms with Crippen LogP contribution in [0.1, 0.15) is 5.69 Å². The van der Waals surface area contributed by atoms with E-state index in [0.717, 1.165) is 32.7 Å². The molecule has 0 fully saturated rings. The van der Waals surface area contributed by atoms with E-state index in [1.54, 1.807) is 35.2 Å². The lowest BCUT2D eigenvalue weighted by molar-refractivity contribution is 0.793. The van der Waals surface area contributed by atoms with Crippen LogP contribution in [0.5, 0.6) is 0 Å². The third-order valence-electron chi connectivity index (χ3n) is 3.93. The summed E-state index contributed by atoms with van der Waals surface area (Å²) in [5.74, 6) is 1.44. The van der Waals surface area contributed by atoms with Crippen molar-refractivity contribution in [3.63, 3.8) is 0 Å². The van der Waals surface area contributed by atoms with Crippen LogP contribution in [0.2, 0.25) is 10.0 Å². The van der Waals surface area contributed by atoms with Gasteiger partial charge in [0.25, 0.3) is 0 Å². The molecule has 0 saturated heterocycles. The molecule has 0 radical (unpaired) electrons. The van der Waals surface area contributed by atoms with Crippen molar-refractivity contribution in [1.29, 1.82) is 0 Å². The van der Waals surface area contributed by atoms with Crippen molar-refractivity contribution in [2.45, 2.75) is 10.9 Å². The number of aromatic nitrogens is 4. The zero-order valence-corrected chi connectivity index (χ0v) is 17.4. The zero-order chi connectivity index (χ0) is 18.8. The number of hydrogen-bond acceptors (Lipinski definition) is 5. The van der Waals surface area contributed by atoms with Gasteiger partial charge in [-0.15, -0.1) is 21.5 Å². The Morgan fingerprint density at radius 1 is 1.07 bits per heavy atom. The van der Waals surface area contributed by atoms with Crippen molar-refractivity contribution in [1.82, 2.24) is 19.7 Å². The van der Waals surface area contributed by atoms with Gasteiger partial charge >= 0.3 is 0 Å². The minimum Gasteiger partial charge on any atom is -0.305 e. The van der Waals surface area contributed by atoms with Gasteiger partial charge in [0.05, 0.1) is 10.7 Å². The molecule has 0 aliphatic rings. The van der Waals surface area contributed by atoms with Crippen molar-refractivity contribution < 1.29 is 0 Å². The van der Waals surface area contributed by atoms with Crippen molar-refractivity contribution in [3.8, 4) is 22.0 Å². The topological polar surface area (TPSA) is 43.6 Å². The van der Waals surface area contributed by atoms with E-state index in [1.165, 1.54) is 0 Å². The summed E-state index contributed by atoms with van der Waals surface area (Å²) in [5.41, 5.74) is 2.97. The number of thiazole rings is 1. The van der Waals surface area contributed by atoms with E-state index in [4.69, 9.17) is 28.2 Å². The van der Waals surface area contributed by atoms with E-state index in [1.807, 2.05) is 35.9 Å². The van der Waals surface area contributed by atoms with Crippen molar-refractivity contribution in [3.05, 3.63) is 69.7 Å². The Kier molecular flexibility index (Phi) is 5.50. The summed E-state index contributed by atoms with van der Waals surface area (Å²) in [5, 5.41) is 13.7. The average Bonchev–Trinajstić information content (AvgIpc) is 3.28. The van der Waals surface area contributed by atoms with Crippen LogP contribution < -0.4 is 0 Å². The van der Waals surface area contributed by atoms with Crippen molar-refractivity contribution in [2.24, 2.45) is 7.05 Å². The van der Waals surface area contributed by atoms with E-state index in [0.29, 0.717) is 15.9 Å². The molecule has 4 rings (SSSR count). The summed E-state index contributed by atoms with van der Waals surface area (Å²) in [6.45, 7) is 0.